The largest absolute Gasteiger partial charge is 0.478 e. The third-order valence-corrected chi connectivity index (χ3v) is 2.96. The van der Waals surface area contributed by atoms with Gasteiger partial charge in [0.05, 0.1) is 16.8 Å². The number of aromatic nitrogens is 2. The van der Waals surface area contributed by atoms with E-state index in [1.165, 1.54) is 6.07 Å². The number of nitrogen functional groups attached to an aromatic ring is 1. The minimum absolute atomic E-state index is 0.201. The van der Waals surface area contributed by atoms with Crippen molar-refractivity contribution in [2.45, 2.75) is 0 Å². The van der Waals surface area contributed by atoms with Gasteiger partial charge < -0.3 is 10.8 Å². The van der Waals surface area contributed by atoms with E-state index in [0.717, 1.165) is 5.69 Å². The summed E-state index contributed by atoms with van der Waals surface area (Å²) in [6.45, 7) is 0. The molecule has 0 radical (unpaired) electrons. The molecule has 0 fully saturated rings. The fourth-order valence-corrected chi connectivity index (χ4v) is 2.00. The van der Waals surface area contributed by atoms with Crippen LogP contribution in [0.5, 0.6) is 0 Å². The van der Waals surface area contributed by atoms with Crippen LogP contribution < -0.4 is 5.73 Å². The van der Waals surface area contributed by atoms with Crippen LogP contribution in [-0.4, -0.2) is 20.9 Å². The number of hydrogen-bond donors (Lipinski definition) is 2. The molecule has 0 unspecified atom stereocenters. The number of carbonyl (C=O) groups is 1. The molecule has 19 heavy (non-hydrogen) atoms. The summed E-state index contributed by atoms with van der Waals surface area (Å²) < 4.78 is 1.61. The van der Waals surface area contributed by atoms with E-state index in [2.05, 4.69) is 5.10 Å². The van der Waals surface area contributed by atoms with Gasteiger partial charge in [0, 0.05) is 5.39 Å². The highest BCUT2D eigenvalue weighted by molar-refractivity contribution is 5.97. The molecule has 0 amide bonds. The summed E-state index contributed by atoms with van der Waals surface area (Å²) in [4.78, 5) is 11.0. The van der Waals surface area contributed by atoms with Crippen LogP contribution in [0.2, 0.25) is 0 Å². The average molecular weight is 253 g/mol. The first-order valence-electron chi connectivity index (χ1n) is 5.74. The molecule has 0 saturated carbocycles. The van der Waals surface area contributed by atoms with E-state index in [9.17, 15) is 4.79 Å². The summed E-state index contributed by atoms with van der Waals surface area (Å²) in [5.74, 6) is -0.543. The molecule has 0 aliphatic rings. The van der Waals surface area contributed by atoms with E-state index in [1.54, 1.807) is 16.8 Å². The fourth-order valence-electron chi connectivity index (χ4n) is 2.00. The van der Waals surface area contributed by atoms with Crippen LogP contribution >= 0.6 is 0 Å². The standard InChI is InChI=1S/C14H11N3O2/c15-13-11-8-9(14(18)19)6-7-12(11)16-17(13)10-4-2-1-3-5-10/h1-8H,15H2,(H,18,19). The number of hydrogen-bond acceptors (Lipinski definition) is 3. The van der Waals surface area contributed by atoms with Crippen molar-refractivity contribution in [2.75, 3.05) is 5.73 Å². The highest BCUT2D eigenvalue weighted by Crippen LogP contribution is 2.24. The number of para-hydroxylation sites is 1. The van der Waals surface area contributed by atoms with Crippen molar-refractivity contribution in [3.63, 3.8) is 0 Å². The van der Waals surface area contributed by atoms with Crippen molar-refractivity contribution in [2.24, 2.45) is 0 Å². The summed E-state index contributed by atoms with van der Waals surface area (Å²) in [6, 6.07) is 14.2. The predicted octanol–water partition coefficient (Wildman–Crippen LogP) is 2.31. The van der Waals surface area contributed by atoms with E-state index in [-0.39, 0.29) is 5.56 Å². The quantitative estimate of drug-likeness (QED) is 0.734. The van der Waals surface area contributed by atoms with Crippen LogP contribution in [0.4, 0.5) is 5.82 Å². The van der Waals surface area contributed by atoms with E-state index in [1.807, 2.05) is 30.3 Å². The Labute approximate surface area is 108 Å². The molecule has 0 atom stereocenters. The highest BCUT2D eigenvalue weighted by Gasteiger charge is 2.12. The molecular formula is C14H11N3O2. The van der Waals surface area contributed by atoms with Gasteiger partial charge in [-0.15, -0.1) is 0 Å². The van der Waals surface area contributed by atoms with Crippen LogP contribution in [0.1, 0.15) is 10.4 Å². The van der Waals surface area contributed by atoms with Crippen molar-refractivity contribution < 1.29 is 9.90 Å². The van der Waals surface area contributed by atoms with Crippen molar-refractivity contribution in [1.29, 1.82) is 0 Å². The first kappa shape index (κ1) is 11.3. The fraction of sp³-hybridized carbons (Fsp3) is 0. The SMILES string of the molecule is Nc1c2cc(C(=O)O)ccc2nn1-c1ccccc1. The molecule has 0 spiro atoms. The number of rotatable bonds is 2. The lowest BCUT2D eigenvalue weighted by molar-refractivity contribution is 0.0697. The first-order valence-corrected chi connectivity index (χ1v) is 5.74. The number of benzene rings is 2. The van der Waals surface area contributed by atoms with Crippen molar-refractivity contribution in [1.82, 2.24) is 9.78 Å². The minimum atomic E-state index is -0.978. The van der Waals surface area contributed by atoms with E-state index >= 15 is 0 Å². The van der Waals surface area contributed by atoms with E-state index in [4.69, 9.17) is 10.8 Å². The lowest BCUT2D eigenvalue weighted by atomic mass is 10.1. The number of aromatic carboxylic acids is 1. The van der Waals surface area contributed by atoms with Gasteiger partial charge in [0.15, 0.2) is 0 Å². The van der Waals surface area contributed by atoms with Gasteiger partial charge in [-0.05, 0) is 30.3 Å². The summed E-state index contributed by atoms with van der Waals surface area (Å²) in [6.07, 6.45) is 0. The second kappa shape index (κ2) is 4.13. The van der Waals surface area contributed by atoms with Gasteiger partial charge in [-0.1, -0.05) is 18.2 Å². The molecule has 3 N–H and O–H groups in total. The molecule has 5 heteroatoms. The molecule has 0 bridgehead atoms. The molecule has 3 rings (SSSR count). The van der Waals surface area contributed by atoms with Gasteiger partial charge in [0.1, 0.15) is 5.82 Å². The zero-order valence-electron chi connectivity index (χ0n) is 9.95. The Morgan fingerprint density at radius 1 is 1.16 bits per heavy atom. The Bertz CT molecular complexity index is 763. The number of carboxylic acids is 1. The van der Waals surface area contributed by atoms with Crippen LogP contribution in [0, 0.1) is 0 Å². The van der Waals surface area contributed by atoms with Crippen molar-refractivity contribution in [3.05, 3.63) is 54.1 Å². The molecule has 94 valence electrons. The van der Waals surface area contributed by atoms with Crippen LogP contribution in [-0.2, 0) is 0 Å². The topological polar surface area (TPSA) is 81.1 Å². The number of nitrogens with zero attached hydrogens (tertiary/aromatic N) is 2. The molecule has 0 aliphatic heterocycles. The molecule has 0 aliphatic carbocycles. The second-order valence-corrected chi connectivity index (χ2v) is 4.17. The molecule has 0 saturated heterocycles. The summed E-state index contributed by atoms with van der Waals surface area (Å²) >= 11 is 0. The van der Waals surface area contributed by atoms with Gasteiger partial charge in [0.25, 0.3) is 0 Å². The molecule has 1 heterocycles. The maximum atomic E-state index is 11.0. The number of carboxylic acid groups (broad SMARTS) is 1. The summed E-state index contributed by atoms with van der Waals surface area (Å²) in [7, 11) is 0. The Morgan fingerprint density at radius 2 is 1.89 bits per heavy atom. The molecule has 2 aromatic carbocycles. The van der Waals surface area contributed by atoms with Crippen molar-refractivity contribution in [3.8, 4) is 5.69 Å². The lowest BCUT2D eigenvalue weighted by Crippen LogP contribution is -2.01. The summed E-state index contributed by atoms with van der Waals surface area (Å²) in [5.41, 5.74) is 7.76. The highest BCUT2D eigenvalue weighted by atomic mass is 16.4. The van der Waals surface area contributed by atoms with Gasteiger partial charge in [-0.25, -0.2) is 9.48 Å². The third-order valence-electron chi connectivity index (χ3n) is 2.96. The van der Waals surface area contributed by atoms with Gasteiger partial charge >= 0.3 is 5.97 Å². The number of anilines is 1. The monoisotopic (exact) mass is 253 g/mol. The van der Waals surface area contributed by atoms with Gasteiger partial charge in [0.2, 0.25) is 0 Å². The van der Waals surface area contributed by atoms with Crippen LogP contribution in [0.25, 0.3) is 16.6 Å². The minimum Gasteiger partial charge on any atom is -0.478 e. The second-order valence-electron chi connectivity index (χ2n) is 4.17. The molecular weight excluding hydrogens is 242 g/mol. The Balaban J connectivity index is 2.24. The zero-order chi connectivity index (χ0) is 13.4. The lowest BCUT2D eigenvalue weighted by Gasteiger charge is -2.02. The zero-order valence-corrected chi connectivity index (χ0v) is 9.95. The predicted molar refractivity (Wildman–Crippen MR) is 72.4 cm³/mol. The van der Waals surface area contributed by atoms with Crippen LogP contribution in [0.3, 0.4) is 0 Å². The van der Waals surface area contributed by atoms with Gasteiger partial charge in [-0.2, -0.15) is 5.10 Å². The third kappa shape index (κ3) is 1.81. The Morgan fingerprint density at radius 3 is 2.58 bits per heavy atom. The Hall–Kier alpha value is -2.82. The average Bonchev–Trinajstić information content (AvgIpc) is 2.77. The first-order chi connectivity index (χ1) is 9.16. The van der Waals surface area contributed by atoms with Crippen LogP contribution in [0.15, 0.2) is 48.5 Å². The number of nitrogens with two attached hydrogens (primary N) is 1. The summed E-state index contributed by atoms with van der Waals surface area (Å²) in [5, 5.41) is 14.0. The van der Waals surface area contributed by atoms with Crippen molar-refractivity contribution >= 4 is 22.7 Å². The van der Waals surface area contributed by atoms with E-state index < -0.39 is 5.97 Å². The van der Waals surface area contributed by atoms with E-state index in [0.29, 0.717) is 16.7 Å². The molecule has 1 aromatic heterocycles. The number of fused-ring (bicyclic) bond motifs is 1. The normalized spacial score (nSPS) is 10.7. The van der Waals surface area contributed by atoms with Gasteiger partial charge in [-0.3, -0.25) is 0 Å². The maximum Gasteiger partial charge on any atom is 0.335 e. The Kier molecular flexibility index (Phi) is 2.45. The molecule has 5 nitrogen and oxygen atoms in total. The maximum absolute atomic E-state index is 11.0. The smallest absolute Gasteiger partial charge is 0.335 e. The molecule has 3 aromatic rings.